The van der Waals surface area contributed by atoms with Gasteiger partial charge in [-0.05, 0) is 54.6 Å². The SMILES string of the molecule is Cc1ccsc1CCNC(=O)CCc1nnc2ccc(NCc3ccco3)nn12. The number of carbonyl (C=O) groups is 1. The molecule has 0 aromatic carbocycles. The molecule has 2 N–H and O–H groups in total. The van der Waals surface area contributed by atoms with Crippen LogP contribution in [-0.2, 0) is 24.2 Å². The second-order valence-corrected chi connectivity index (χ2v) is 7.67. The van der Waals surface area contributed by atoms with E-state index in [-0.39, 0.29) is 5.91 Å². The van der Waals surface area contributed by atoms with Crippen LogP contribution in [0, 0.1) is 6.92 Å². The third-order valence-electron chi connectivity index (χ3n) is 4.57. The van der Waals surface area contributed by atoms with Gasteiger partial charge in [0.05, 0.1) is 12.8 Å². The van der Waals surface area contributed by atoms with Gasteiger partial charge in [-0.15, -0.1) is 26.6 Å². The van der Waals surface area contributed by atoms with Crippen molar-refractivity contribution in [2.75, 3.05) is 11.9 Å². The topological polar surface area (TPSA) is 97.3 Å². The summed E-state index contributed by atoms with van der Waals surface area (Å²) in [6.07, 6.45) is 3.31. The van der Waals surface area contributed by atoms with Gasteiger partial charge in [-0.1, -0.05) is 0 Å². The number of fused-ring (bicyclic) bond motifs is 1. The van der Waals surface area contributed by atoms with E-state index in [1.165, 1.54) is 10.4 Å². The Hall–Kier alpha value is -3.20. The minimum absolute atomic E-state index is 0.00283. The molecule has 8 nitrogen and oxygen atoms in total. The van der Waals surface area contributed by atoms with E-state index in [4.69, 9.17) is 4.42 Å². The number of hydrogen-bond donors (Lipinski definition) is 2. The van der Waals surface area contributed by atoms with Gasteiger partial charge < -0.3 is 15.1 Å². The monoisotopic (exact) mass is 410 g/mol. The van der Waals surface area contributed by atoms with Crippen molar-refractivity contribution in [1.82, 2.24) is 25.1 Å². The van der Waals surface area contributed by atoms with E-state index in [2.05, 4.69) is 44.3 Å². The molecule has 4 aromatic rings. The van der Waals surface area contributed by atoms with Gasteiger partial charge in [0, 0.05) is 24.3 Å². The molecule has 0 aliphatic carbocycles. The van der Waals surface area contributed by atoms with Crippen molar-refractivity contribution in [3.05, 3.63) is 64.0 Å². The molecule has 4 rings (SSSR count). The highest BCUT2D eigenvalue weighted by Gasteiger charge is 2.11. The lowest BCUT2D eigenvalue weighted by Gasteiger charge is -2.06. The van der Waals surface area contributed by atoms with Crippen molar-refractivity contribution in [3.63, 3.8) is 0 Å². The minimum atomic E-state index is 0.00283. The summed E-state index contributed by atoms with van der Waals surface area (Å²) in [5, 5.41) is 21.1. The maximum Gasteiger partial charge on any atom is 0.220 e. The molecule has 0 unspecified atom stereocenters. The van der Waals surface area contributed by atoms with Crippen LogP contribution in [0.4, 0.5) is 5.82 Å². The summed E-state index contributed by atoms with van der Waals surface area (Å²) >= 11 is 1.73. The molecule has 4 aromatic heterocycles. The molecule has 0 atom stereocenters. The number of anilines is 1. The fourth-order valence-corrected chi connectivity index (χ4v) is 3.87. The molecule has 1 amide bonds. The van der Waals surface area contributed by atoms with Crippen molar-refractivity contribution >= 4 is 28.7 Å². The lowest BCUT2D eigenvalue weighted by molar-refractivity contribution is -0.121. The standard InChI is InChI=1S/C20H22N6O2S/c1-14-9-12-29-16(14)8-10-21-20(27)7-6-19-24-23-18-5-4-17(25-26(18)19)22-13-15-3-2-11-28-15/h2-5,9,11-12H,6-8,10,13H2,1H3,(H,21,27)(H,22,25). The van der Waals surface area contributed by atoms with E-state index in [9.17, 15) is 4.79 Å². The van der Waals surface area contributed by atoms with Gasteiger partial charge in [-0.3, -0.25) is 4.79 Å². The zero-order chi connectivity index (χ0) is 20.1. The van der Waals surface area contributed by atoms with Gasteiger partial charge in [0.15, 0.2) is 11.5 Å². The molecule has 0 aliphatic heterocycles. The molecule has 0 bridgehead atoms. The number of furan rings is 1. The lowest BCUT2D eigenvalue weighted by atomic mass is 10.2. The first-order valence-corrected chi connectivity index (χ1v) is 10.3. The quantitative estimate of drug-likeness (QED) is 0.440. The van der Waals surface area contributed by atoms with Crippen molar-refractivity contribution in [2.24, 2.45) is 0 Å². The summed E-state index contributed by atoms with van der Waals surface area (Å²) in [6, 6.07) is 9.53. The van der Waals surface area contributed by atoms with Crippen LogP contribution in [0.25, 0.3) is 5.65 Å². The van der Waals surface area contributed by atoms with Crippen LogP contribution >= 0.6 is 11.3 Å². The Kier molecular flexibility index (Phi) is 5.85. The number of amides is 1. The zero-order valence-electron chi connectivity index (χ0n) is 16.1. The summed E-state index contributed by atoms with van der Waals surface area (Å²) in [6.45, 7) is 3.27. The largest absolute Gasteiger partial charge is 0.467 e. The normalized spacial score (nSPS) is 11.1. The summed E-state index contributed by atoms with van der Waals surface area (Å²) in [7, 11) is 0. The van der Waals surface area contributed by atoms with Gasteiger partial charge in [0.25, 0.3) is 0 Å². The molecular formula is C20H22N6O2S. The highest BCUT2D eigenvalue weighted by molar-refractivity contribution is 7.10. The first kappa shape index (κ1) is 19.1. The number of aryl methyl sites for hydroxylation is 2. The molecule has 150 valence electrons. The predicted molar refractivity (Wildman–Crippen MR) is 111 cm³/mol. The van der Waals surface area contributed by atoms with E-state index < -0.39 is 0 Å². The number of thiophene rings is 1. The van der Waals surface area contributed by atoms with Crippen LogP contribution in [0.5, 0.6) is 0 Å². The first-order chi connectivity index (χ1) is 14.2. The van der Waals surface area contributed by atoms with Gasteiger partial charge in [-0.25, -0.2) is 0 Å². The summed E-state index contributed by atoms with van der Waals surface area (Å²) < 4.78 is 6.99. The molecule has 29 heavy (non-hydrogen) atoms. The van der Waals surface area contributed by atoms with Crippen molar-refractivity contribution in [3.8, 4) is 0 Å². The van der Waals surface area contributed by atoms with Gasteiger partial charge in [0.1, 0.15) is 11.6 Å². The fourth-order valence-electron chi connectivity index (χ4n) is 2.96. The van der Waals surface area contributed by atoms with E-state index in [0.717, 1.165) is 12.2 Å². The second kappa shape index (κ2) is 8.87. The number of nitrogens with one attached hydrogen (secondary N) is 2. The zero-order valence-corrected chi connectivity index (χ0v) is 16.9. The predicted octanol–water partition coefficient (Wildman–Crippen LogP) is 2.99. The van der Waals surface area contributed by atoms with Crippen LogP contribution in [0.1, 0.15) is 28.4 Å². The third-order valence-corrected chi connectivity index (χ3v) is 5.65. The Morgan fingerprint density at radius 1 is 1.21 bits per heavy atom. The Labute approximate surface area is 172 Å². The fraction of sp³-hybridized carbons (Fsp3) is 0.300. The highest BCUT2D eigenvalue weighted by atomic mass is 32.1. The number of nitrogens with zero attached hydrogens (tertiary/aromatic N) is 4. The first-order valence-electron chi connectivity index (χ1n) is 9.46. The average molecular weight is 411 g/mol. The van der Waals surface area contributed by atoms with Crippen LogP contribution in [0.15, 0.2) is 46.4 Å². The molecule has 0 spiro atoms. The smallest absolute Gasteiger partial charge is 0.220 e. The average Bonchev–Trinajstić information content (AvgIpc) is 3.46. The maximum absolute atomic E-state index is 12.2. The molecule has 0 fully saturated rings. The molecule has 4 heterocycles. The van der Waals surface area contributed by atoms with E-state index in [1.54, 1.807) is 22.1 Å². The van der Waals surface area contributed by atoms with Crippen LogP contribution in [0.3, 0.4) is 0 Å². The Bertz CT molecular complexity index is 1090. The number of hydrogen-bond acceptors (Lipinski definition) is 7. The summed E-state index contributed by atoms with van der Waals surface area (Å²) in [5.74, 6) is 2.17. The van der Waals surface area contributed by atoms with Crippen LogP contribution in [0.2, 0.25) is 0 Å². The minimum Gasteiger partial charge on any atom is -0.467 e. The highest BCUT2D eigenvalue weighted by Crippen LogP contribution is 2.15. The van der Waals surface area contributed by atoms with Crippen LogP contribution < -0.4 is 10.6 Å². The molecule has 0 saturated heterocycles. The summed E-state index contributed by atoms with van der Waals surface area (Å²) in [5.41, 5.74) is 1.93. The van der Waals surface area contributed by atoms with Gasteiger partial charge in [0.2, 0.25) is 5.91 Å². The van der Waals surface area contributed by atoms with Crippen LogP contribution in [-0.4, -0.2) is 32.3 Å². The number of aromatic nitrogens is 4. The Morgan fingerprint density at radius 2 is 2.14 bits per heavy atom. The van der Waals surface area contributed by atoms with Crippen molar-refractivity contribution < 1.29 is 9.21 Å². The van der Waals surface area contributed by atoms with E-state index >= 15 is 0 Å². The molecule has 0 aliphatic rings. The Morgan fingerprint density at radius 3 is 2.93 bits per heavy atom. The van der Waals surface area contributed by atoms with Crippen molar-refractivity contribution in [2.45, 2.75) is 32.7 Å². The Balaban J connectivity index is 1.30. The van der Waals surface area contributed by atoms with E-state index in [0.29, 0.717) is 43.2 Å². The van der Waals surface area contributed by atoms with Gasteiger partial charge in [-0.2, -0.15) is 4.52 Å². The molecule has 9 heteroatoms. The third kappa shape index (κ3) is 4.80. The molecule has 0 saturated carbocycles. The van der Waals surface area contributed by atoms with E-state index in [1.807, 2.05) is 24.3 Å². The second-order valence-electron chi connectivity index (χ2n) is 6.66. The lowest BCUT2D eigenvalue weighted by Crippen LogP contribution is -2.26. The number of rotatable bonds is 9. The molecular weight excluding hydrogens is 388 g/mol. The molecule has 0 radical (unpaired) electrons. The number of carbonyl (C=O) groups excluding carboxylic acids is 1. The van der Waals surface area contributed by atoms with Crippen molar-refractivity contribution in [1.29, 1.82) is 0 Å². The maximum atomic E-state index is 12.2. The van der Waals surface area contributed by atoms with Gasteiger partial charge >= 0.3 is 0 Å². The summed E-state index contributed by atoms with van der Waals surface area (Å²) in [4.78, 5) is 13.5.